The third-order valence-electron chi connectivity index (χ3n) is 3.71. The summed E-state index contributed by atoms with van der Waals surface area (Å²) in [4.78, 5) is 12.8. The van der Waals surface area contributed by atoms with Crippen LogP contribution in [-0.4, -0.2) is 0 Å². The van der Waals surface area contributed by atoms with Crippen molar-refractivity contribution >= 4 is 11.0 Å². The zero-order valence-corrected chi connectivity index (χ0v) is 12.1. The number of hydrogen-bond donors (Lipinski definition) is 0. The second-order valence-corrected chi connectivity index (χ2v) is 5.20. The van der Waals surface area contributed by atoms with Crippen molar-refractivity contribution in [3.05, 3.63) is 70.4 Å². The molecule has 0 aliphatic rings. The summed E-state index contributed by atoms with van der Waals surface area (Å²) in [6, 6.07) is 17.3. The number of benzene rings is 2. The Morgan fingerprint density at radius 1 is 0.952 bits per heavy atom. The van der Waals surface area contributed by atoms with Crippen LogP contribution in [0.3, 0.4) is 0 Å². The molecular formula is C19H18O2. The third kappa shape index (κ3) is 2.62. The minimum absolute atomic E-state index is 0.101. The van der Waals surface area contributed by atoms with Crippen molar-refractivity contribution in [2.45, 2.75) is 26.2 Å². The third-order valence-corrected chi connectivity index (χ3v) is 3.71. The minimum atomic E-state index is 0.101. The van der Waals surface area contributed by atoms with Crippen LogP contribution in [0.25, 0.3) is 22.3 Å². The van der Waals surface area contributed by atoms with Crippen molar-refractivity contribution in [2.75, 3.05) is 0 Å². The van der Waals surface area contributed by atoms with Crippen molar-refractivity contribution in [1.82, 2.24) is 0 Å². The molecule has 3 aromatic rings. The number of para-hydroxylation sites is 1. The molecule has 0 spiro atoms. The van der Waals surface area contributed by atoms with Crippen molar-refractivity contribution in [3.8, 4) is 11.3 Å². The van der Waals surface area contributed by atoms with Gasteiger partial charge in [0.2, 0.25) is 0 Å². The first-order chi connectivity index (χ1) is 10.3. The average Bonchev–Trinajstić information content (AvgIpc) is 2.55. The summed E-state index contributed by atoms with van der Waals surface area (Å²) in [5, 5.41) is 0.670. The van der Waals surface area contributed by atoms with Gasteiger partial charge in [0, 0.05) is 11.1 Å². The van der Waals surface area contributed by atoms with Crippen LogP contribution < -0.4 is 5.43 Å². The SMILES string of the molecule is CCCCc1c(-c2ccccc2)oc2ccccc2c1=O. The number of hydrogen-bond acceptors (Lipinski definition) is 2. The van der Waals surface area contributed by atoms with Gasteiger partial charge in [-0.1, -0.05) is 55.8 Å². The molecule has 3 rings (SSSR count). The second-order valence-electron chi connectivity index (χ2n) is 5.20. The molecule has 0 fully saturated rings. The highest BCUT2D eigenvalue weighted by Crippen LogP contribution is 2.26. The monoisotopic (exact) mass is 278 g/mol. The van der Waals surface area contributed by atoms with Crippen LogP contribution in [0.4, 0.5) is 0 Å². The quantitative estimate of drug-likeness (QED) is 0.686. The molecule has 21 heavy (non-hydrogen) atoms. The molecule has 0 bridgehead atoms. The van der Waals surface area contributed by atoms with Gasteiger partial charge < -0.3 is 4.42 Å². The van der Waals surface area contributed by atoms with E-state index in [4.69, 9.17) is 4.42 Å². The average molecular weight is 278 g/mol. The Bertz CT molecular complexity index is 801. The second kappa shape index (κ2) is 5.96. The maximum Gasteiger partial charge on any atom is 0.196 e. The van der Waals surface area contributed by atoms with E-state index >= 15 is 0 Å². The number of unbranched alkanes of at least 4 members (excludes halogenated alkanes) is 1. The summed E-state index contributed by atoms with van der Waals surface area (Å²) in [5.41, 5.74) is 2.51. The molecule has 1 heterocycles. The fourth-order valence-corrected chi connectivity index (χ4v) is 2.58. The molecule has 0 atom stereocenters. The van der Waals surface area contributed by atoms with E-state index in [1.807, 2.05) is 54.6 Å². The van der Waals surface area contributed by atoms with Gasteiger partial charge in [-0.25, -0.2) is 0 Å². The maximum atomic E-state index is 12.8. The molecule has 2 aromatic carbocycles. The summed E-state index contributed by atoms with van der Waals surface area (Å²) in [6.07, 6.45) is 2.80. The van der Waals surface area contributed by atoms with Crippen LogP contribution in [0.2, 0.25) is 0 Å². The predicted octanol–water partition coefficient (Wildman–Crippen LogP) is 4.80. The number of rotatable bonds is 4. The van der Waals surface area contributed by atoms with Crippen LogP contribution in [0.1, 0.15) is 25.3 Å². The Labute approximate surface area is 124 Å². The van der Waals surface area contributed by atoms with Gasteiger partial charge in [0.05, 0.1) is 5.39 Å². The molecule has 0 saturated carbocycles. The zero-order chi connectivity index (χ0) is 14.7. The standard InChI is InChI=1S/C19H18O2/c1-2-3-11-16-18(20)15-12-7-8-13-17(15)21-19(16)14-9-5-4-6-10-14/h4-10,12-13H,2-3,11H2,1H3. The maximum absolute atomic E-state index is 12.8. The van der Waals surface area contributed by atoms with Gasteiger partial charge in [0.1, 0.15) is 11.3 Å². The number of fused-ring (bicyclic) bond motifs is 1. The minimum Gasteiger partial charge on any atom is -0.456 e. The first-order valence-corrected chi connectivity index (χ1v) is 7.41. The van der Waals surface area contributed by atoms with Gasteiger partial charge in [-0.05, 0) is 25.0 Å². The Morgan fingerprint density at radius 2 is 1.67 bits per heavy atom. The van der Waals surface area contributed by atoms with Gasteiger partial charge in [0.25, 0.3) is 0 Å². The molecule has 0 saturated heterocycles. The van der Waals surface area contributed by atoms with Gasteiger partial charge in [-0.2, -0.15) is 0 Å². The highest BCUT2D eigenvalue weighted by Gasteiger charge is 2.15. The van der Waals surface area contributed by atoms with Crippen LogP contribution in [0, 0.1) is 0 Å². The summed E-state index contributed by atoms with van der Waals surface area (Å²) in [5.74, 6) is 0.716. The smallest absolute Gasteiger partial charge is 0.196 e. The molecule has 1 aromatic heterocycles. The van der Waals surface area contributed by atoms with Gasteiger partial charge in [-0.15, -0.1) is 0 Å². The molecule has 2 heteroatoms. The Balaban J connectivity index is 2.28. The lowest BCUT2D eigenvalue weighted by molar-refractivity contribution is 0.606. The van der Waals surface area contributed by atoms with Crippen LogP contribution in [0.15, 0.2) is 63.8 Å². The van der Waals surface area contributed by atoms with Crippen LogP contribution >= 0.6 is 0 Å². The predicted molar refractivity (Wildman–Crippen MR) is 86.5 cm³/mol. The molecular weight excluding hydrogens is 260 g/mol. The Hall–Kier alpha value is -2.35. The molecule has 0 aliphatic carbocycles. The van der Waals surface area contributed by atoms with E-state index in [-0.39, 0.29) is 5.43 Å². The van der Waals surface area contributed by atoms with Gasteiger partial charge in [0.15, 0.2) is 5.43 Å². The van der Waals surface area contributed by atoms with E-state index < -0.39 is 0 Å². The fraction of sp³-hybridized carbons (Fsp3) is 0.211. The van der Waals surface area contributed by atoms with E-state index in [1.165, 1.54) is 0 Å². The molecule has 2 nitrogen and oxygen atoms in total. The van der Waals surface area contributed by atoms with Crippen LogP contribution in [-0.2, 0) is 6.42 Å². The first kappa shape index (κ1) is 13.6. The van der Waals surface area contributed by atoms with Crippen molar-refractivity contribution in [3.63, 3.8) is 0 Å². The van der Waals surface area contributed by atoms with E-state index in [0.29, 0.717) is 16.7 Å². The zero-order valence-electron chi connectivity index (χ0n) is 12.1. The van der Waals surface area contributed by atoms with Crippen molar-refractivity contribution < 1.29 is 4.42 Å². The molecule has 0 amide bonds. The Kier molecular flexibility index (Phi) is 3.87. The molecule has 0 aliphatic heterocycles. The van der Waals surface area contributed by atoms with E-state index in [0.717, 1.165) is 30.4 Å². The lowest BCUT2D eigenvalue weighted by atomic mass is 10.0. The summed E-state index contributed by atoms with van der Waals surface area (Å²) >= 11 is 0. The fourth-order valence-electron chi connectivity index (χ4n) is 2.58. The highest BCUT2D eigenvalue weighted by atomic mass is 16.3. The lowest BCUT2D eigenvalue weighted by Gasteiger charge is -2.09. The van der Waals surface area contributed by atoms with E-state index in [1.54, 1.807) is 0 Å². The van der Waals surface area contributed by atoms with Gasteiger partial charge >= 0.3 is 0 Å². The van der Waals surface area contributed by atoms with Crippen molar-refractivity contribution in [2.24, 2.45) is 0 Å². The molecule has 0 N–H and O–H groups in total. The first-order valence-electron chi connectivity index (χ1n) is 7.41. The normalized spacial score (nSPS) is 10.9. The summed E-state index contributed by atoms with van der Waals surface area (Å²) in [7, 11) is 0. The van der Waals surface area contributed by atoms with E-state index in [2.05, 4.69) is 6.92 Å². The molecule has 0 radical (unpaired) electrons. The van der Waals surface area contributed by atoms with Crippen LogP contribution in [0.5, 0.6) is 0 Å². The van der Waals surface area contributed by atoms with E-state index in [9.17, 15) is 4.79 Å². The largest absolute Gasteiger partial charge is 0.456 e. The van der Waals surface area contributed by atoms with Crippen molar-refractivity contribution in [1.29, 1.82) is 0 Å². The van der Waals surface area contributed by atoms with Gasteiger partial charge in [-0.3, -0.25) is 4.79 Å². The lowest BCUT2D eigenvalue weighted by Crippen LogP contribution is -2.11. The Morgan fingerprint density at radius 3 is 2.43 bits per heavy atom. The topological polar surface area (TPSA) is 30.2 Å². The summed E-state index contributed by atoms with van der Waals surface area (Å²) < 4.78 is 6.06. The molecule has 0 unspecified atom stereocenters. The highest BCUT2D eigenvalue weighted by molar-refractivity contribution is 5.80. The summed E-state index contributed by atoms with van der Waals surface area (Å²) in [6.45, 7) is 2.13. The molecule has 106 valence electrons.